The Morgan fingerprint density at radius 2 is 2.20 bits per heavy atom. The fourth-order valence-electron chi connectivity index (χ4n) is 2.55. The van der Waals surface area contributed by atoms with Gasteiger partial charge >= 0.3 is 5.97 Å². The highest BCUT2D eigenvalue weighted by atomic mass is 79.9. The number of carboxylic acids is 1. The fraction of sp³-hybridized carbons (Fsp3) is 0.500. The molecule has 1 aliphatic rings. The average molecular weight is 348 g/mol. The summed E-state index contributed by atoms with van der Waals surface area (Å²) in [4.78, 5) is 12.9. The Morgan fingerprint density at radius 3 is 2.85 bits per heavy atom. The molecular weight excluding hydrogens is 332 g/mol. The fourth-order valence-corrected chi connectivity index (χ4v) is 2.92. The van der Waals surface area contributed by atoms with Crippen molar-refractivity contribution in [3.8, 4) is 0 Å². The molecule has 3 nitrogen and oxygen atoms in total. The topological polar surface area (TPSA) is 40.5 Å². The largest absolute Gasteiger partial charge is 0.480 e. The molecule has 1 aromatic rings. The van der Waals surface area contributed by atoms with Crippen molar-refractivity contribution in [3.63, 3.8) is 0 Å². The van der Waals surface area contributed by atoms with Crippen molar-refractivity contribution in [2.24, 2.45) is 5.92 Å². The smallest absolute Gasteiger partial charge is 0.320 e. The van der Waals surface area contributed by atoms with Gasteiger partial charge in [-0.1, -0.05) is 6.92 Å². The predicted octanol–water partition coefficient (Wildman–Crippen LogP) is 3.41. The first-order valence-electron chi connectivity index (χ1n) is 6.49. The van der Waals surface area contributed by atoms with Crippen LogP contribution in [0.1, 0.15) is 25.3 Å². The lowest BCUT2D eigenvalue weighted by Gasteiger charge is -2.36. The van der Waals surface area contributed by atoms with Gasteiger partial charge in [-0.3, -0.25) is 9.69 Å². The van der Waals surface area contributed by atoms with E-state index in [1.165, 1.54) is 12.1 Å². The Balaban J connectivity index is 2.24. The van der Waals surface area contributed by atoms with Gasteiger partial charge in [-0.05, 0) is 53.4 Å². The van der Waals surface area contributed by atoms with Crippen molar-refractivity contribution in [2.45, 2.75) is 32.4 Å². The van der Waals surface area contributed by atoms with Gasteiger partial charge < -0.3 is 5.11 Å². The van der Waals surface area contributed by atoms with Crippen LogP contribution in [0.3, 0.4) is 0 Å². The number of piperidine rings is 1. The maximum Gasteiger partial charge on any atom is 0.320 e. The van der Waals surface area contributed by atoms with Crippen LogP contribution in [0.15, 0.2) is 16.6 Å². The van der Waals surface area contributed by atoms with E-state index in [9.17, 15) is 18.7 Å². The molecule has 0 aliphatic carbocycles. The lowest BCUT2D eigenvalue weighted by atomic mass is 9.92. The van der Waals surface area contributed by atoms with E-state index in [-0.39, 0.29) is 16.6 Å². The number of hydrogen-bond acceptors (Lipinski definition) is 2. The Bertz CT molecular complexity index is 524. The van der Waals surface area contributed by atoms with Crippen molar-refractivity contribution in [3.05, 3.63) is 33.8 Å². The van der Waals surface area contributed by atoms with Crippen LogP contribution in [0, 0.1) is 17.6 Å². The third-order valence-corrected chi connectivity index (χ3v) is 4.37. The summed E-state index contributed by atoms with van der Waals surface area (Å²) >= 11 is 3.02. The number of halogens is 3. The molecule has 0 aromatic heterocycles. The zero-order chi connectivity index (χ0) is 14.9. The summed E-state index contributed by atoms with van der Waals surface area (Å²) in [7, 11) is 0. The molecule has 2 atom stereocenters. The van der Waals surface area contributed by atoms with E-state index < -0.39 is 23.6 Å². The molecule has 0 saturated carbocycles. The standard InChI is InChI=1S/C14H16BrF2NO2/c1-8-4-5-18(12(6-8)14(19)20)7-9-11(16)3-2-10(15)13(9)17/h2-3,8,12H,4-7H2,1H3,(H,19,20). The third kappa shape index (κ3) is 3.17. The average Bonchev–Trinajstić information content (AvgIpc) is 2.40. The molecular formula is C14H16BrF2NO2. The number of benzene rings is 1. The number of aliphatic carboxylic acids is 1. The van der Waals surface area contributed by atoms with Gasteiger partial charge in [0.25, 0.3) is 0 Å². The minimum Gasteiger partial charge on any atom is -0.480 e. The number of rotatable bonds is 3. The Hall–Kier alpha value is -1.01. The van der Waals surface area contributed by atoms with Crippen molar-refractivity contribution in [2.75, 3.05) is 6.54 Å². The summed E-state index contributed by atoms with van der Waals surface area (Å²) in [6, 6.07) is 1.81. The van der Waals surface area contributed by atoms with Gasteiger partial charge in [0, 0.05) is 12.1 Å². The molecule has 1 N–H and O–H groups in total. The molecule has 0 radical (unpaired) electrons. The quantitative estimate of drug-likeness (QED) is 0.851. The third-order valence-electron chi connectivity index (χ3n) is 3.76. The number of carbonyl (C=O) groups is 1. The molecule has 0 spiro atoms. The maximum atomic E-state index is 14.0. The van der Waals surface area contributed by atoms with E-state index in [2.05, 4.69) is 15.9 Å². The van der Waals surface area contributed by atoms with Gasteiger partial charge in [0.05, 0.1) is 4.47 Å². The van der Waals surface area contributed by atoms with Crippen LogP contribution in [0.2, 0.25) is 0 Å². The van der Waals surface area contributed by atoms with E-state index in [4.69, 9.17) is 0 Å². The van der Waals surface area contributed by atoms with Crippen LogP contribution in [0.5, 0.6) is 0 Å². The van der Waals surface area contributed by atoms with Crippen molar-refractivity contribution < 1.29 is 18.7 Å². The second-order valence-electron chi connectivity index (χ2n) is 5.28. The maximum absolute atomic E-state index is 14.0. The number of nitrogens with zero attached hydrogens (tertiary/aromatic N) is 1. The highest BCUT2D eigenvalue weighted by Gasteiger charge is 2.32. The van der Waals surface area contributed by atoms with Crippen molar-refractivity contribution in [1.82, 2.24) is 4.90 Å². The van der Waals surface area contributed by atoms with Crippen LogP contribution in [0.4, 0.5) is 8.78 Å². The van der Waals surface area contributed by atoms with Crippen LogP contribution in [-0.2, 0) is 11.3 Å². The molecule has 0 amide bonds. The molecule has 1 aliphatic heterocycles. The van der Waals surface area contributed by atoms with Crippen LogP contribution >= 0.6 is 15.9 Å². The molecule has 1 heterocycles. The highest BCUT2D eigenvalue weighted by Crippen LogP contribution is 2.28. The van der Waals surface area contributed by atoms with E-state index >= 15 is 0 Å². The number of likely N-dealkylation sites (tertiary alicyclic amines) is 1. The predicted molar refractivity (Wildman–Crippen MR) is 74.3 cm³/mol. The zero-order valence-electron chi connectivity index (χ0n) is 11.1. The SMILES string of the molecule is CC1CCN(Cc2c(F)ccc(Br)c2F)C(C(=O)O)C1. The summed E-state index contributed by atoms with van der Waals surface area (Å²) in [5, 5.41) is 9.26. The van der Waals surface area contributed by atoms with Crippen molar-refractivity contribution in [1.29, 1.82) is 0 Å². The minimum atomic E-state index is -0.938. The van der Waals surface area contributed by atoms with Crippen LogP contribution < -0.4 is 0 Å². The summed E-state index contributed by atoms with van der Waals surface area (Å²) in [6.07, 6.45) is 1.34. The minimum absolute atomic E-state index is 0.0270. The van der Waals surface area contributed by atoms with Gasteiger partial charge in [-0.25, -0.2) is 8.78 Å². The van der Waals surface area contributed by atoms with Gasteiger partial charge in [0.2, 0.25) is 0 Å². The summed E-state index contributed by atoms with van der Waals surface area (Å²) in [5.41, 5.74) is -0.0832. The van der Waals surface area contributed by atoms with E-state index in [0.29, 0.717) is 18.9 Å². The number of carboxylic acid groups (broad SMARTS) is 1. The molecule has 1 saturated heterocycles. The molecule has 6 heteroatoms. The first kappa shape index (κ1) is 15.4. The van der Waals surface area contributed by atoms with E-state index in [1.54, 1.807) is 4.90 Å². The summed E-state index contributed by atoms with van der Waals surface area (Å²) in [5.74, 6) is -1.93. The van der Waals surface area contributed by atoms with E-state index in [0.717, 1.165) is 6.42 Å². The Morgan fingerprint density at radius 1 is 1.50 bits per heavy atom. The molecule has 20 heavy (non-hydrogen) atoms. The van der Waals surface area contributed by atoms with Gasteiger partial charge in [-0.15, -0.1) is 0 Å². The summed E-state index contributed by atoms with van der Waals surface area (Å²) in [6.45, 7) is 2.50. The molecule has 2 rings (SSSR count). The lowest BCUT2D eigenvalue weighted by Crippen LogP contribution is -2.46. The highest BCUT2D eigenvalue weighted by molar-refractivity contribution is 9.10. The van der Waals surface area contributed by atoms with Crippen LogP contribution in [-0.4, -0.2) is 28.6 Å². The molecule has 1 aromatic carbocycles. The van der Waals surface area contributed by atoms with Crippen molar-refractivity contribution >= 4 is 21.9 Å². The lowest BCUT2D eigenvalue weighted by molar-refractivity contribution is -0.145. The Kier molecular flexibility index (Phi) is 4.75. The molecule has 2 unspecified atom stereocenters. The Labute approximate surface area is 124 Å². The zero-order valence-corrected chi connectivity index (χ0v) is 12.7. The first-order chi connectivity index (χ1) is 9.40. The van der Waals surface area contributed by atoms with E-state index in [1.807, 2.05) is 6.92 Å². The van der Waals surface area contributed by atoms with Crippen LogP contribution in [0.25, 0.3) is 0 Å². The summed E-state index contributed by atoms with van der Waals surface area (Å²) < 4.78 is 27.9. The first-order valence-corrected chi connectivity index (χ1v) is 7.28. The second kappa shape index (κ2) is 6.18. The second-order valence-corrected chi connectivity index (χ2v) is 6.13. The van der Waals surface area contributed by atoms with Gasteiger partial charge in [0.15, 0.2) is 0 Å². The van der Waals surface area contributed by atoms with Gasteiger partial charge in [0.1, 0.15) is 17.7 Å². The molecule has 110 valence electrons. The number of hydrogen-bond donors (Lipinski definition) is 1. The van der Waals surface area contributed by atoms with Gasteiger partial charge in [-0.2, -0.15) is 0 Å². The monoisotopic (exact) mass is 347 g/mol. The molecule has 1 fully saturated rings. The normalized spacial score (nSPS) is 23.8. The molecule has 0 bridgehead atoms.